The van der Waals surface area contributed by atoms with Crippen molar-refractivity contribution in [2.75, 3.05) is 13.2 Å². The standard InChI is InChI=1S/C10H21O4P/c1-4-7-8-9-10(14-9)15(11,12-5-2)13-6-3/h9-10H,4-8H2,1-3H3/t9-,10+/m0/s1. The van der Waals surface area contributed by atoms with E-state index in [4.69, 9.17) is 13.8 Å². The van der Waals surface area contributed by atoms with Crippen molar-refractivity contribution in [3.8, 4) is 0 Å². The Kier molecular flexibility index (Phi) is 5.27. The van der Waals surface area contributed by atoms with Gasteiger partial charge in [0, 0.05) is 0 Å². The van der Waals surface area contributed by atoms with Gasteiger partial charge >= 0.3 is 7.60 Å². The molecule has 5 heteroatoms. The number of rotatable bonds is 8. The van der Waals surface area contributed by atoms with E-state index in [0.29, 0.717) is 13.2 Å². The maximum Gasteiger partial charge on any atom is 0.361 e. The lowest BCUT2D eigenvalue weighted by atomic mass is 10.2. The first-order chi connectivity index (χ1) is 7.18. The van der Waals surface area contributed by atoms with E-state index < -0.39 is 7.60 Å². The number of epoxide rings is 1. The van der Waals surface area contributed by atoms with Crippen LogP contribution >= 0.6 is 7.60 Å². The molecule has 1 aliphatic rings. The molecule has 0 aromatic carbocycles. The van der Waals surface area contributed by atoms with Gasteiger partial charge in [0.25, 0.3) is 0 Å². The summed E-state index contributed by atoms with van der Waals surface area (Å²) in [4.78, 5) is 0. The minimum absolute atomic E-state index is 0.0777. The van der Waals surface area contributed by atoms with Crippen LogP contribution in [0.3, 0.4) is 0 Å². The molecule has 0 spiro atoms. The van der Waals surface area contributed by atoms with Gasteiger partial charge in [-0.3, -0.25) is 4.57 Å². The summed E-state index contributed by atoms with van der Waals surface area (Å²) < 4.78 is 28.0. The molecule has 4 nitrogen and oxygen atoms in total. The second-order valence-corrected chi connectivity index (χ2v) is 5.69. The third-order valence-electron chi connectivity index (χ3n) is 2.33. The number of unbranched alkanes of at least 4 members (excludes halogenated alkanes) is 1. The summed E-state index contributed by atoms with van der Waals surface area (Å²) >= 11 is 0. The summed E-state index contributed by atoms with van der Waals surface area (Å²) in [6, 6.07) is 0. The van der Waals surface area contributed by atoms with Gasteiger partial charge in [0.15, 0.2) is 5.85 Å². The summed E-state index contributed by atoms with van der Waals surface area (Å²) in [6.07, 6.45) is 3.25. The first-order valence-corrected chi connectivity index (χ1v) is 7.33. The van der Waals surface area contributed by atoms with Crippen molar-refractivity contribution >= 4 is 7.60 Å². The second-order valence-electron chi connectivity index (χ2n) is 3.58. The minimum Gasteiger partial charge on any atom is -0.356 e. The summed E-state index contributed by atoms with van der Waals surface area (Å²) in [5.74, 6) is -0.316. The Morgan fingerprint density at radius 2 is 1.80 bits per heavy atom. The Balaban J connectivity index is 2.42. The summed E-state index contributed by atoms with van der Waals surface area (Å²) in [5, 5.41) is 0. The van der Waals surface area contributed by atoms with Crippen molar-refractivity contribution in [3.05, 3.63) is 0 Å². The van der Waals surface area contributed by atoms with Gasteiger partial charge in [0.1, 0.15) is 0 Å². The van der Waals surface area contributed by atoms with E-state index in [-0.39, 0.29) is 11.9 Å². The van der Waals surface area contributed by atoms with Crippen molar-refractivity contribution in [2.24, 2.45) is 0 Å². The molecule has 0 N–H and O–H groups in total. The van der Waals surface area contributed by atoms with Crippen molar-refractivity contribution < 1.29 is 18.3 Å². The average Bonchev–Trinajstić information content (AvgIpc) is 2.95. The van der Waals surface area contributed by atoms with Crippen molar-refractivity contribution in [3.63, 3.8) is 0 Å². The lowest BCUT2D eigenvalue weighted by molar-refractivity contribution is 0.208. The molecule has 0 amide bonds. The van der Waals surface area contributed by atoms with Gasteiger partial charge in [-0.05, 0) is 20.3 Å². The predicted molar refractivity (Wildman–Crippen MR) is 59.0 cm³/mol. The molecule has 0 saturated carbocycles. The first kappa shape index (κ1) is 13.2. The number of ether oxygens (including phenoxy) is 1. The summed E-state index contributed by atoms with van der Waals surface area (Å²) in [5.41, 5.74) is 0. The minimum atomic E-state index is -3.00. The van der Waals surface area contributed by atoms with Gasteiger partial charge in [-0.25, -0.2) is 0 Å². The van der Waals surface area contributed by atoms with E-state index in [1.807, 2.05) is 13.8 Å². The van der Waals surface area contributed by atoms with Gasteiger partial charge in [0.05, 0.1) is 19.3 Å². The molecular formula is C10H21O4P. The highest BCUT2D eigenvalue weighted by Gasteiger charge is 2.54. The zero-order valence-electron chi connectivity index (χ0n) is 9.77. The molecule has 0 aromatic heterocycles. The Labute approximate surface area is 91.8 Å². The first-order valence-electron chi connectivity index (χ1n) is 5.72. The van der Waals surface area contributed by atoms with Crippen LogP contribution in [0.25, 0.3) is 0 Å². The molecule has 0 aliphatic carbocycles. The highest BCUT2D eigenvalue weighted by Crippen LogP contribution is 2.62. The van der Waals surface area contributed by atoms with Crippen LogP contribution in [0.15, 0.2) is 0 Å². The highest BCUT2D eigenvalue weighted by molar-refractivity contribution is 7.54. The molecule has 1 saturated heterocycles. The molecule has 90 valence electrons. The normalized spacial score (nSPS) is 25.5. The van der Waals surface area contributed by atoms with Crippen LogP contribution in [0, 0.1) is 0 Å². The van der Waals surface area contributed by atoms with Crippen molar-refractivity contribution in [1.82, 2.24) is 0 Å². The van der Waals surface area contributed by atoms with Crippen LogP contribution in [0.1, 0.15) is 40.0 Å². The fraction of sp³-hybridized carbons (Fsp3) is 1.00. The predicted octanol–water partition coefficient (Wildman–Crippen LogP) is 3.17. The molecular weight excluding hydrogens is 215 g/mol. The van der Waals surface area contributed by atoms with E-state index in [1.165, 1.54) is 0 Å². The molecule has 0 aromatic rings. The Bertz CT molecular complexity index is 221. The molecule has 1 aliphatic heterocycles. The smallest absolute Gasteiger partial charge is 0.356 e. The third-order valence-corrected chi connectivity index (χ3v) is 4.64. The largest absolute Gasteiger partial charge is 0.361 e. The van der Waals surface area contributed by atoms with Crippen LogP contribution < -0.4 is 0 Å². The second kappa shape index (κ2) is 6.00. The molecule has 1 rings (SSSR count). The van der Waals surface area contributed by atoms with Crippen LogP contribution in [-0.4, -0.2) is 25.2 Å². The maximum absolute atomic E-state index is 12.2. The van der Waals surface area contributed by atoms with E-state index >= 15 is 0 Å². The topological polar surface area (TPSA) is 48.1 Å². The quantitative estimate of drug-likeness (QED) is 0.479. The van der Waals surface area contributed by atoms with Gasteiger partial charge in [-0.1, -0.05) is 19.8 Å². The van der Waals surface area contributed by atoms with Crippen molar-refractivity contribution in [1.29, 1.82) is 0 Å². The van der Waals surface area contributed by atoms with E-state index in [9.17, 15) is 4.57 Å². The molecule has 0 radical (unpaired) electrons. The summed E-state index contributed by atoms with van der Waals surface area (Å²) in [6.45, 7) is 6.56. The van der Waals surface area contributed by atoms with Gasteiger partial charge in [-0.2, -0.15) is 0 Å². The zero-order chi connectivity index (χ0) is 11.3. The Morgan fingerprint density at radius 1 is 1.20 bits per heavy atom. The van der Waals surface area contributed by atoms with E-state index in [0.717, 1.165) is 19.3 Å². The monoisotopic (exact) mass is 236 g/mol. The fourth-order valence-corrected chi connectivity index (χ4v) is 3.52. The molecule has 15 heavy (non-hydrogen) atoms. The van der Waals surface area contributed by atoms with Gasteiger partial charge in [0.2, 0.25) is 0 Å². The third kappa shape index (κ3) is 3.56. The molecule has 1 fully saturated rings. The van der Waals surface area contributed by atoms with E-state index in [2.05, 4.69) is 6.92 Å². The molecule has 1 heterocycles. The van der Waals surface area contributed by atoms with Gasteiger partial charge in [-0.15, -0.1) is 0 Å². The lowest BCUT2D eigenvalue weighted by Gasteiger charge is -2.14. The maximum atomic E-state index is 12.2. The highest BCUT2D eigenvalue weighted by atomic mass is 31.2. The van der Waals surface area contributed by atoms with Crippen LogP contribution in [0.5, 0.6) is 0 Å². The van der Waals surface area contributed by atoms with Crippen LogP contribution in [0.2, 0.25) is 0 Å². The lowest BCUT2D eigenvalue weighted by Crippen LogP contribution is -2.04. The van der Waals surface area contributed by atoms with Crippen LogP contribution in [0.4, 0.5) is 0 Å². The SMILES string of the molecule is CCCC[C@@H]1O[C@@H]1P(=O)(OCC)OCC. The summed E-state index contributed by atoms with van der Waals surface area (Å²) in [7, 11) is -3.00. The van der Waals surface area contributed by atoms with Crippen LogP contribution in [-0.2, 0) is 18.3 Å². The van der Waals surface area contributed by atoms with Gasteiger partial charge < -0.3 is 13.8 Å². The zero-order valence-corrected chi connectivity index (χ0v) is 10.7. The van der Waals surface area contributed by atoms with Crippen molar-refractivity contribution in [2.45, 2.75) is 52.0 Å². The average molecular weight is 236 g/mol. The molecule has 0 bridgehead atoms. The molecule has 0 unspecified atom stereocenters. The Morgan fingerprint density at radius 3 is 2.27 bits per heavy atom. The fourth-order valence-electron chi connectivity index (χ4n) is 1.57. The number of hydrogen-bond acceptors (Lipinski definition) is 4. The molecule has 2 atom stereocenters. The van der Waals surface area contributed by atoms with E-state index in [1.54, 1.807) is 0 Å². The number of hydrogen-bond donors (Lipinski definition) is 0. The Hall–Kier alpha value is 0.110.